The quantitative estimate of drug-likeness (QED) is 0.297. The third kappa shape index (κ3) is 4.46. The predicted molar refractivity (Wildman–Crippen MR) is 148 cm³/mol. The number of anilines is 1. The Hall–Kier alpha value is -2.82. The zero-order chi connectivity index (χ0) is 24.7. The van der Waals surface area contributed by atoms with Crippen molar-refractivity contribution in [1.82, 2.24) is 0 Å². The molecule has 0 radical (unpaired) electrons. The van der Waals surface area contributed by atoms with Gasteiger partial charge in [-0.2, -0.15) is 0 Å². The van der Waals surface area contributed by atoms with Crippen LogP contribution in [0.4, 0.5) is 5.69 Å². The molecular weight excluding hydrogens is 474 g/mol. The molecule has 180 valence electrons. The lowest BCUT2D eigenvalue weighted by molar-refractivity contribution is 0.288. The number of hydrogen-bond donors (Lipinski definition) is 1. The van der Waals surface area contributed by atoms with E-state index in [4.69, 9.17) is 16.3 Å². The molecule has 0 fully saturated rings. The minimum absolute atomic E-state index is 0.308. The Kier molecular flexibility index (Phi) is 6.61. The number of halogens is 1. The van der Waals surface area contributed by atoms with Crippen LogP contribution in [-0.4, -0.2) is 10.8 Å². The number of nitrogens with one attached hydrogen (secondary N) is 1. The maximum atomic E-state index is 13.5. The number of rotatable bonds is 5. The summed E-state index contributed by atoms with van der Waals surface area (Å²) in [6.45, 7) is 9.50. The van der Waals surface area contributed by atoms with E-state index in [1.165, 1.54) is 22.3 Å². The molecule has 1 heterocycles. The second-order valence-corrected chi connectivity index (χ2v) is 11.1. The highest BCUT2D eigenvalue weighted by atomic mass is 35.5. The van der Waals surface area contributed by atoms with Crippen LogP contribution in [0.2, 0.25) is 5.02 Å². The summed E-state index contributed by atoms with van der Waals surface area (Å²) in [5.74, 6) is 1.31. The van der Waals surface area contributed by atoms with E-state index in [-0.39, 0.29) is 0 Å². The summed E-state index contributed by atoms with van der Waals surface area (Å²) < 4.78 is 22.7. The van der Waals surface area contributed by atoms with Crippen LogP contribution in [0.1, 0.15) is 48.4 Å². The Morgan fingerprint density at radius 1 is 1.00 bits per heavy atom. The SMILES string of the molecule is Cc1cc(NS(=O)c2ccc(Cl)c3ccccc23)c(C)c(C(C)C)c1-c1ccc2c(c1)CCCO2. The van der Waals surface area contributed by atoms with Crippen molar-refractivity contribution in [2.75, 3.05) is 11.3 Å². The Labute approximate surface area is 215 Å². The van der Waals surface area contributed by atoms with Gasteiger partial charge in [0, 0.05) is 15.8 Å². The molecule has 0 amide bonds. The van der Waals surface area contributed by atoms with Gasteiger partial charge in [0.2, 0.25) is 0 Å². The second-order valence-electron chi connectivity index (χ2n) is 9.55. The highest BCUT2D eigenvalue weighted by molar-refractivity contribution is 7.86. The molecule has 0 aromatic heterocycles. The van der Waals surface area contributed by atoms with Gasteiger partial charge in [0.1, 0.15) is 5.75 Å². The first kappa shape index (κ1) is 23.9. The molecule has 1 unspecified atom stereocenters. The molecule has 1 N–H and O–H groups in total. The number of fused-ring (bicyclic) bond motifs is 2. The monoisotopic (exact) mass is 503 g/mol. The van der Waals surface area contributed by atoms with Crippen molar-refractivity contribution in [2.45, 2.75) is 51.3 Å². The first-order valence-electron chi connectivity index (χ1n) is 12.1. The van der Waals surface area contributed by atoms with Crippen molar-refractivity contribution in [1.29, 1.82) is 0 Å². The number of aryl methyl sites for hydroxylation is 2. The fraction of sp³-hybridized carbons (Fsp3) is 0.267. The first-order valence-corrected chi connectivity index (χ1v) is 13.6. The van der Waals surface area contributed by atoms with Crippen LogP contribution in [0.3, 0.4) is 0 Å². The fourth-order valence-corrected chi connectivity index (χ4v) is 6.54. The lowest BCUT2D eigenvalue weighted by Gasteiger charge is -2.24. The molecule has 0 saturated heterocycles. The maximum Gasteiger partial charge on any atom is 0.150 e. The summed E-state index contributed by atoms with van der Waals surface area (Å²) in [5.41, 5.74) is 8.22. The van der Waals surface area contributed by atoms with Gasteiger partial charge in [-0.3, -0.25) is 0 Å². The molecule has 3 nitrogen and oxygen atoms in total. The summed E-state index contributed by atoms with van der Waals surface area (Å²) in [6, 6.07) is 20.2. The molecule has 5 rings (SSSR count). The average molecular weight is 504 g/mol. The molecule has 0 spiro atoms. The van der Waals surface area contributed by atoms with Gasteiger partial charge < -0.3 is 9.46 Å². The Morgan fingerprint density at radius 2 is 1.77 bits per heavy atom. The van der Waals surface area contributed by atoms with E-state index >= 15 is 0 Å². The Morgan fingerprint density at radius 3 is 2.54 bits per heavy atom. The molecule has 0 saturated carbocycles. The standard InChI is InChI=1S/C30H30ClNO2S/c1-18(2)29-20(4)26(32-35(33)28-14-12-25(31)23-9-5-6-10-24(23)28)16-19(3)30(29)22-11-13-27-21(17-22)8-7-15-34-27/h5-6,9-14,16-18,32H,7-8,15H2,1-4H3. The van der Waals surface area contributed by atoms with Crippen molar-refractivity contribution in [2.24, 2.45) is 0 Å². The smallest absolute Gasteiger partial charge is 0.150 e. The summed E-state index contributed by atoms with van der Waals surface area (Å²) in [5, 5.41) is 2.47. The van der Waals surface area contributed by atoms with Crippen LogP contribution in [0, 0.1) is 13.8 Å². The lowest BCUT2D eigenvalue weighted by atomic mass is 9.84. The molecule has 35 heavy (non-hydrogen) atoms. The van der Waals surface area contributed by atoms with Crippen LogP contribution in [0.25, 0.3) is 21.9 Å². The summed E-state index contributed by atoms with van der Waals surface area (Å²) in [4.78, 5) is 0.729. The number of ether oxygens (including phenoxy) is 1. The van der Waals surface area contributed by atoms with Crippen molar-refractivity contribution < 1.29 is 8.95 Å². The largest absolute Gasteiger partial charge is 0.493 e. The zero-order valence-corrected chi connectivity index (χ0v) is 22.1. The van der Waals surface area contributed by atoms with Crippen molar-refractivity contribution >= 4 is 39.0 Å². The van der Waals surface area contributed by atoms with E-state index in [1.807, 2.05) is 36.4 Å². The van der Waals surface area contributed by atoms with Crippen LogP contribution < -0.4 is 9.46 Å². The average Bonchev–Trinajstić information content (AvgIpc) is 2.85. The molecular formula is C30H30ClNO2S. The normalized spacial score (nSPS) is 14.0. The van der Waals surface area contributed by atoms with Gasteiger partial charge >= 0.3 is 0 Å². The van der Waals surface area contributed by atoms with Crippen LogP contribution in [0.15, 0.2) is 65.6 Å². The molecule has 4 aromatic rings. The van der Waals surface area contributed by atoms with Gasteiger partial charge in [-0.05, 0) is 96.3 Å². The minimum atomic E-state index is -1.44. The molecule has 0 aliphatic carbocycles. The predicted octanol–water partition coefficient (Wildman–Crippen LogP) is 8.36. The Bertz CT molecular complexity index is 1460. The zero-order valence-electron chi connectivity index (χ0n) is 20.6. The summed E-state index contributed by atoms with van der Waals surface area (Å²) >= 11 is 6.39. The topological polar surface area (TPSA) is 38.3 Å². The molecule has 4 aromatic carbocycles. The van der Waals surface area contributed by atoms with Crippen molar-refractivity contribution in [3.8, 4) is 16.9 Å². The van der Waals surface area contributed by atoms with Gasteiger partial charge in [-0.25, -0.2) is 4.21 Å². The highest BCUT2D eigenvalue weighted by Gasteiger charge is 2.21. The lowest BCUT2D eigenvalue weighted by Crippen LogP contribution is -2.10. The highest BCUT2D eigenvalue weighted by Crippen LogP contribution is 2.41. The van der Waals surface area contributed by atoms with Gasteiger partial charge in [-0.15, -0.1) is 0 Å². The van der Waals surface area contributed by atoms with E-state index in [9.17, 15) is 4.21 Å². The maximum absolute atomic E-state index is 13.5. The van der Waals surface area contributed by atoms with E-state index in [1.54, 1.807) is 0 Å². The third-order valence-corrected chi connectivity index (χ3v) is 8.33. The van der Waals surface area contributed by atoms with E-state index in [2.05, 4.69) is 56.7 Å². The minimum Gasteiger partial charge on any atom is -0.493 e. The molecule has 1 aliphatic rings. The number of hydrogen-bond acceptors (Lipinski definition) is 2. The van der Waals surface area contributed by atoms with E-state index in [0.29, 0.717) is 10.9 Å². The first-order chi connectivity index (χ1) is 16.8. The fourth-order valence-electron chi connectivity index (χ4n) is 5.22. The van der Waals surface area contributed by atoms with Gasteiger partial charge in [-0.1, -0.05) is 55.8 Å². The van der Waals surface area contributed by atoms with Crippen LogP contribution in [0.5, 0.6) is 5.75 Å². The van der Waals surface area contributed by atoms with Gasteiger partial charge in [0.15, 0.2) is 11.0 Å². The number of benzene rings is 4. The molecule has 0 bridgehead atoms. The third-order valence-electron chi connectivity index (χ3n) is 6.84. The molecule has 1 atom stereocenters. The van der Waals surface area contributed by atoms with Crippen LogP contribution in [-0.2, 0) is 17.4 Å². The van der Waals surface area contributed by atoms with Gasteiger partial charge in [0.25, 0.3) is 0 Å². The van der Waals surface area contributed by atoms with E-state index in [0.717, 1.165) is 57.7 Å². The van der Waals surface area contributed by atoms with Crippen molar-refractivity contribution in [3.05, 3.63) is 87.9 Å². The van der Waals surface area contributed by atoms with Gasteiger partial charge in [0.05, 0.1) is 17.2 Å². The Balaban J connectivity index is 1.57. The van der Waals surface area contributed by atoms with Crippen LogP contribution >= 0.6 is 11.6 Å². The van der Waals surface area contributed by atoms with Crippen molar-refractivity contribution in [3.63, 3.8) is 0 Å². The second kappa shape index (κ2) is 9.67. The van der Waals surface area contributed by atoms with E-state index < -0.39 is 11.0 Å². The summed E-state index contributed by atoms with van der Waals surface area (Å²) in [6.07, 6.45) is 2.10. The molecule has 5 heteroatoms. The summed E-state index contributed by atoms with van der Waals surface area (Å²) in [7, 11) is -1.44. The molecule has 1 aliphatic heterocycles.